The summed E-state index contributed by atoms with van der Waals surface area (Å²) >= 11 is 0. The van der Waals surface area contributed by atoms with E-state index in [1.54, 1.807) is 0 Å². The van der Waals surface area contributed by atoms with Gasteiger partial charge in [0, 0.05) is 18.6 Å². The van der Waals surface area contributed by atoms with Gasteiger partial charge in [0.25, 0.3) is 0 Å². The van der Waals surface area contributed by atoms with Crippen LogP contribution in [0.15, 0.2) is 0 Å². The van der Waals surface area contributed by atoms with Gasteiger partial charge in [-0.2, -0.15) is 0 Å². The van der Waals surface area contributed by atoms with Gasteiger partial charge in [0.2, 0.25) is 0 Å². The monoisotopic (exact) mass is 298 g/mol. The molecule has 0 aliphatic heterocycles. The number of carbonyl (C=O) groups is 1. The second kappa shape index (κ2) is 8.14. The lowest BCUT2D eigenvalue weighted by atomic mass is 9.95. The number of nitrogens with one attached hydrogen (secondary N) is 1. The lowest BCUT2D eigenvalue weighted by Gasteiger charge is -2.32. The van der Waals surface area contributed by atoms with Crippen LogP contribution in [0.5, 0.6) is 0 Å². The van der Waals surface area contributed by atoms with Crippen LogP contribution in [0.1, 0.15) is 60.3 Å². The number of hydrogen-bond donors (Lipinski definition) is 1. The molecule has 0 aromatic heterocycles. The molecule has 4 nitrogen and oxygen atoms in total. The Balaban J connectivity index is 2.73. The minimum atomic E-state index is -0.488. The van der Waals surface area contributed by atoms with Gasteiger partial charge in [-0.15, -0.1) is 0 Å². The van der Waals surface area contributed by atoms with Crippen molar-refractivity contribution in [1.29, 1.82) is 0 Å². The van der Waals surface area contributed by atoms with Crippen LogP contribution in [0.2, 0.25) is 0 Å². The molecule has 3 unspecified atom stereocenters. The molecule has 0 saturated heterocycles. The third kappa shape index (κ3) is 4.96. The first-order valence-electron chi connectivity index (χ1n) is 8.49. The zero-order valence-corrected chi connectivity index (χ0v) is 14.7. The van der Waals surface area contributed by atoms with E-state index in [9.17, 15) is 4.79 Å². The van der Waals surface area contributed by atoms with Crippen molar-refractivity contribution in [3.8, 4) is 0 Å². The van der Waals surface area contributed by atoms with Crippen molar-refractivity contribution in [1.82, 2.24) is 10.2 Å². The molecule has 124 valence electrons. The fourth-order valence-electron chi connectivity index (χ4n) is 3.36. The van der Waals surface area contributed by atoms with Crippen molar-refractivity contribution >= 4 is 5.97 Å². The van der Waals surface area contributed by atoms with Crippen LogP contribution < -0.4 is 5.32 Å². The van der Waals surface area contributed by atoms with E-state index < -0.39 is 5.54 Å². The third-order valence-electron chi connectivity index (χ3n) is 4.64. The highest BCUT2D eigenvalue weighted by atomic mass is 16.5. The lowest BCUT2D eigenvalue weighted by Crippen LogP contribution is -2.54. The summed E-state index contributed by atoms with van der Waals surface area (Å²) in [5, 5.41) is 3.49. The normalized spacial score (nSPS) is 27.3. The number of rotatable bonds is 8. The molecule has 0 amide bonds. The summed E-state index contributed by atoms with van der Waals surface area (Å²) in [6, 6.07) is 0.752. The van der Waals surface area contributed by atoms with E-state index in [4.69, 9.17) is 4.74 Å². The second-order valence-corrected chi connectivity index (χ2v) is 6.95. The quantitative estimate of drug-likeness (QED) is 0.700. The summed E-state index contributed by atoms with van der Waals surface area (Å²) in [7, 11) is 2.19. The molecule has 1 N–H and O–H groups in total. The van der Waals surface area contributed by atoms with Crippen molar-refractivity contribution in [2.24, 2.45) is 5.92 Å². The Hall–Kier alpha value is -0.610. The first kappa shape index (κ1) is 18.4. The highest BCUT2D eigenvalue weighted by Gasteiger charge is 2.47. The Morgan fingerprint density at radius 2 is 2.05 bits per heavy atom. The number of esters is 1. The van der Waals surface area contributed by atoms with E-state index in [1.807, 2.05) is 6.92 Å². The van der Waals surface area contributed by atoms with Crippen LogP contribution in [-0.2, 0) is 9.53 Å². The Morgan fingerprint density at radius 1 is 1.38 bits per heavy atom. The number of carbonyl (C=O) groups excluding carboxylic acids is 1. The number of ether oxygens (including phenoxy) is 1. The highest BCUT2D eigenvalue weighted by Crippen LogP contribution is 2.34. The van der Waals surface area contributed by atoms with E-state index in [0.29, 0.717) is 18.6 Å². The van der Waals surface area contributed by atoms with Crippen LogP contribution in [0.3, 0.4) is 0 Å². The topological polar surface area (TPSA) is 41.6 Å². The SMILES string of the molecule is CCOC(=O)C1(NC(C)C)CCC(N(C)CC(C)CC)C1. The maximum Gasteiger partial charge on any atom is 0.326 e. The molecule has 0 bridgehead atoms. The molecular weight excluding hydrogens is 264 g/mol. The Kier molecular flexibility index (Phi) is 7.14. The summed E-state index contributed by atoms with van der Waals surface area (Å²) in [6.45, 7) is 12.1. The minimum absolute atomic E-state index is 0.0712. The van der Waals surface area contributed by atoms with Crippen molar-refractivity contribution < 1.29 is 9.53 Å². The molecule has 0 aromatic rings. The smallest absolute Gasteiger partial charge is 0.326 e. The Morgan fingerprint density at radius 3 is 2.57 bits per heavy atom. The zero-order valence-electron chi connectivity index (χ0n) is 14.7. The van der Waals surface area contributed by atoms with Crippen molar-refractivity contribution in [2.45, 2.75) is 77.9 Å². The van der Waals surface area contributed by atoms with Gasteiger partial charge >= 0.3 is 5.97 Å². The first-order chi connectivity index (χ1) is 9.84. The first-order valence-corrected chi connectivity index (χ1v) is 8.49. The van der Waals surface area contributed by atoms with Crippen molar-refractivity contribution in [2.75, 3.05) is 20.2 Å². The fraction of sp³-hybridized carbons (Fsp3) is 0.941. The van der Waals surface area contributed by atoms with E-state index in [2.05, 4.69) is 45.0 Å². The average Bonchev–Trinajstić information content (AvgIpc) is 2.83. The second-order valence-electron chi connectivity index (χ2n) is 6.95. The molecule has 1 aliphatic carbocycles. The lowest BCUT2D eigenvalue weighted by molar-refractivity contribution is -0.151. The third-order valence-corrected chi connectivity index (χ3v) is 4.64. The molecular formula is C17H34N2O2. The largest absolute Gasteiger partial charge is 0.465 e. The van der Waals surface area contributed by atoms with Gasteiger partial charge in [0.1, 0.15) is 5.54 Å². The van der Waals surface area contributed by atoms with Gasteiger partial charge in [-0.1, -0.05) is 20.3 Å². The van der Waals surface area contributed by atoms with Gasteiger partial charge in [-0.05, 0) is 53.0 Å². The molecule has 3 atom stereocenters. The van der Waals surface area contributed by atoms with Crippen molar-refractivity contribution in [3.05, 3.63) is 0 Å². The van der Waals surface area contributed by atoms with Crippen LogP contribution in [0.25, 0.3) is 0 Å². The van der Waals surface area contributed by atoms with Gasteiger partial charge < -0.3 is 9.64 Å². The minimum Gasteiger partial charge on any atom is -0.465 e. The summed E-state index contributed by atoms with van der Waals surface area (Å²) < 4.78 is 5.34. The molecule has 0 aromatic carbocycles. The maximum absolute atomic E-state index is 12.4. The highest BCUT2D eigenvalue weighted by molar-refractivity contribution is 5.81. The average molecular weight is 298 g/mol. The molecule has 21 heavy (non-hydrogen) atoms. The van der Waals surface area contributed by atoms with Crippen LogP contribution >= 0.6 is 0 Å². The van der Waals surface area contributed by atoms with E-state index in [-0.39, 0.29) is 12.0 Å². The van der Waals surface area contributed by atoms with Gasteiger partial charge in [-0.25, -0.2) is 0 Å². The summed E-state index contributed by atoms with van der Waals surface area (Å²) in [5.74, 6) is 0.629. The van der Waals surface area contributed by atoms with E-state index in [0.717, 1.165) is 25.8 Å². The molecule has 4 heteroatoms. The zero-order chi connectivity index (χ0) is 16.0. The van der Waals surface area contributed by atoms with E-state index >= 15 is 0 Å². The fourth-order valence-corrected chi connectivity index (χ4v) is 3.36. The summed E-state index contributed by atoms with van der Waals surface area (Å²) in [5.41, 5.74) is -0.488. The standard InChI is InChI=1S/C17H34N2O2/c1-7-14(5)12-19(6)15-9-10-17(11-15,18-13(3)4)16(20)21-8-2/h13-15,18H,7-12H2,1-6H3. The Bertz CT molecular complexity index is 333. The van der Waals surface area contributed by atoms with Crippen LogP contribution in [-0.4, -0.2) is 48.7 Å². The molecule has 1 rings (SSSR count). The number of hydrogen-bond acceptors (Lipinski definition) is 4. The van der Waals surface area contributed by atoms with Crippen LogP contribution in [0.4, 0.5) is 0 Å². The van der Waals surface area contributed by atoms with Gasteiger partial charge in [-0.3, -0.25) is 10.1 Å². The molecule has 0 radical (unpaired) electrons. The van der Waals surface area contributed by atoms with Crippen LogP contribution in [0, 0.1) is 5.92 Å². The molecule has 0 spiro atoms. The Labute approximate surface area is 130 Å². The number of nitrogens with zero attached hydrogens (tertiary/aromatic N) is 1. The molecule has 1 saturated carbocycles. The predicted octanol–water partition coefficient (Wildman–Crippen LogP) is 2.82. The predicted molar refractivity (Wildman–Crippen MR) is 87.4 cm³/mol. The van der Waals surface area contributed by atoms with E-state index in [1.165, 1.54) is 6.42 Å². The molecule has 1 aliphatic rings. The van der Waals surface area contributed by atoms with Gasteiger partial charge in [0.05, 0.1) is 6.61 Å². The van der Waals surface area contributed by atoms with Gasteiger partial charge in [0.15, 0.2) is 0 Å². The molecule has 1 fully saturated rings. The van der Waals surface area contributed by atoms with Crippen molar-refractivity contribution in [3.63, 3.8) is 0 Å². The maximum atomic E-state index is 12.4. The molecule has 0 heterocycles. The summed E-state index contributed by atoms with van der Waals surface area (Å²) in [4.78, 5) is 14.9. The summed E-state index contributed by atoms with van der Waals surface area (Å²) in [6.07, 6.45) is 3.99.